The Morgan fingerprint density at radius 3 is 2.56 bits per heavy atom. The highest BCUT2D eigenvalue weighted by molar-refractivity contribution is 6.04. The SMILES string of the molecule is CC1=C2C=CC=CN2C(=Nc2c(-c3ccccc3)n(C)c3ccccc23)C1. The summed E-state index contributed by atoms with van der Waals surface area (Å²) in [5.74, 6) is 1.08. The molecule has 0 saturated carbocycles. The molecular weight excluding hydrogens is 330 g/mol. The van der Waals surface area contributed by atoms with Crippen molar-refractivity contribution in [2.45, 2.75) is 13.3 Å². The van der Waals surface area contributed by atoms with E-state index in [1.165, 1.54) is 27.7 Å². The maximum absolute atomic E-state index is 5.21. The Kier molecular flexibility index (Phi) is 3.61. The first-order valence-electron chi connectivity index (χ1n) is 9.28. The summed E-state index contributed by atoms with van der Waals surface area (Å²) in [4.78, 5) is 7.43. The van der Waals surface area contributed by atoms with Crippen LogP contribution in [0.2, 0.25) is 0 Å². The Hall–Kier alpha value is -3.33. The highest BCUT2D eigenvalue weighted by Gasteiger charge is 2.25. The number of allylic oxidation sites excluding steroid dienone is 3. The van der Waals surface area contributed by atoms with Gasteiger partial charge in [0.1, 0.15) is 5.84 Å². The van der Waals surface area contributed by atoms with E-state index in [9.17, 15) is 0 Å². The van der Waals surface area contributed by atoms with E-state index in [-0.39, 0.29) is 0 Å². The van der Waals surface area contributed by atoms with Crippen molar-refractivity contribution in [3.05, 3.63) is 90.3 Å². The van der Waals surface area contributed by atoms with Gasteiger partial charge in [0, 0.05) is 36.3 Å². The topological polar surface area (TPSA) is 20.5 Å². The van der Waals surface area contributed by atoms with Crippen LogP contribution in [-0.4, -0.2) is 15.3 Å². The monoisotopic (exact) mass is 351 g/mol. The Bertz CT molecular complexity index is 1160. The van der Waals surface area contributed by atoms with E-state index in [1.807, 2.05) is 0 Å². The van der Waals surface area contributed by atoms with Gasteiger partial charge in [0.2, 0.25) is 0 Å². The van der Waals surface area contributed by atoms with Gasteiger partial charge in [0.05, 0.1) is 16.9 Å². The molecule has 132 valence electrons. The molecule has 0 aliphatic carbocycles. The molecule has 2 aliphatic heterocycles. The first kappa shape index (κ1) is 15.9. The Balaban J connectivity index is 1.74. The predicted octanol–water partition coefficient (Wildman–Crippen LogP) is 5.94. The first-order valence-corrected chi connectivity index (χ1v) is 9.28. The van der Waals surface area contributed by atoms with Crippen LogP contribution >= 0.6 is 0 Å². The summed E-state index contributed by atoms with van der Waals surface area (Å²) in [5, 5.41) is 1.19. The Morgan fingerprint density at radius 2 is 1.70 bits per heavy atom. The molecule has 2 aliphatic rings. The van der Waals surface area contributed by atoms with E-state index in [2.05, 4.69) is 102 Å². The van der Waals surface area contributed by atoms with E-state index >= 15 is 0 Å². The lowest BCUT2D eigenvalue weighted by Crippen LogP contribution is -2.19. The van der Waals surface area contributed by atoms with Crippen LogP contribution in [0.4, 0.5) is 5.69 Å². The fourth-order valence-electron chi connectivity index (χ4n) is 4.06. The van der Waals surface area contributed by atoms with Crippen molar-refractivity contribution in [3.8, 4) is 11.3 Å². The number of aryl methyl sites for hydroxylation is 1. The zero-order chi connectivity index (χ0) is 18.4. The van der Waals surface area contributed by atoms with Crippen LogP contribution in [0.25, 0.3) is 22.2 Å². The van der Waals surface area contributed by atoms with Gasteiger partial charge in [-0.2, -0.15) is 0 Å². The molecule has 0 radical (unpaired) electrons. The van der Waals surface area contributed by atoms with Crippen LogP contribution in [0.15, 0.2) is 95.3 Å². The van der Waals surface area contributed by atoms with Crippen molar-refractivity contribution in [3.63, 3.8) is 0 Å². The largest absolute Gasteiger partial charge is 0.342 e. The standard InChI is InChI=1S/C24H21N3/c1-17-16-22(27-15-9-8-13-20(17)27)25-23-19-12-6-7-14-21(19)26(2)24(23)18-10-4-3-5-11-18/h3-15H,16H2,1-2H3. The third-order valence-corrected chi connectivity index (χ3v) is 5.37. The number of rotatable bonds is 2. The minimum Gasteiger partial charge on any atom is -0.342 e. The van der Waals surface area contributed by atoms with E-state index in [1.54, 1.807) is 0 Å². The maximum Gasteiger partial charge on any atom is 0.118 e. The van der Waals surface area contributed by atoms with Gasteiger partial charge < -0.3 is 9.47 Å². The first-order chi connectivity index (χ1) is 13.2. The zero-order valence-corrected chi connectivity index (χ0v) is 15.6. The molecule has 1 aromatic heterocycles. The van der Waals surface area contributed by atoms with Crippen molar-refractivity contribution < 1.29 is 0 Å². The van der Waals surface area contributed by atoms with E-state index < -0.39 is 0 Å². The highest BCUT2D eigenvalue weighted by atomic mass is 15.2. The molecule has 0 bridgehead atoms. The quantitative estimate of drug-likeness (QED) is 0.560. The molecule has 2 aromatic carbocycles. The molecule has 3 heteroatoms. The average molecular weight is 351 g/mol. The van der Waals surface area contributed by atoms with Crippen LogP contribution in [0.5, 0.6) is 0 Å². The molecule has 0 spiro atoms. The van der Waals surface area contributed by atoms with Gasteiger partial charge in [0.25, 0.3) is 0 Å². The van der Waals surface area contributed by atoms with Gasteiger partial charge in [-0.25, -0.2) is 4.99 Å². The molecule has 0 unspecified atom stereocenters. The predicted molar refractivity (Wildman–Crippen MR) is 113 cm³/mol. The second-order valence-electron chi connectivity index (χ2n) is 7.08. The summed E-state index contributed by atoms with van der Waals surface area (Å²) in [6.07, 6.45) is 9.31. The lowest BCUT2D eigenvalue weighted by atomic mass is 10.1. The number of amidine groups is 1. The van der Waals surface area contributed by atoms with Gasteiger partial charge in [-0.1, -0.05) is 54.6 Å². The van der Waals surface area contributed by atoms with Gasteiger partial charge in [-0.3, -0.25) is 0 Å². The van der Waals surface area contributed by atoms with E-state index in [0.29, 0.717) is 0 Å². The summed E-state index contributed by atoms with van der Waals surface area (Å²) >= 11 is 0. The molecule has 0 fully saturated rings. The summed E-state index contributed by atoms with van der Waals surface area (Å²) in [5.41, 5.74) is 7.20. The van der Waals surface area contributed by atoms with E-state index in [4.69, 9.17) is 4.99 Å². The van der Waals surface area contributed by atoms with Crippen LogP contribution < -0.4 is 0 Å². The van der Waals surface area contributed by atoms with Crippen molar-refractivity contribution in [1.29, 1.82) is 0 Å². The third kappa shape index (κ3) is 2.47. The minimum absolute atomic E-state index is 0.876. The lowest BCUT2D eigenvalue weighted by Gasteiger charge is -2.19. The van der Waals surface area contributed by atoms with Crippen LogP contribution in [0.3, 0.4) is 0 Å². The molecule has 5 rings (SSSR count). The summed E-state index contributed by atoms with van der Waals surface area (Å²) < 4.78 is 2.26. The van der Waals surface area contributed by atoms with Crippen molar-refractivity contribution >= 4 is 22.4 Å². The lowest BCUT2D eigenvalue weighted by molar-refractivity contribution is 0.719. The van der Waals surface area contributed by atoms with Crippen LogP contribution in [0.1, 0.15) is 13.3 Å². The molecule has 3 aromatic rings. The highest BCUT2D eigenvalue weighted by Crippen LogP contribution is 2.41. The molecule has 27 heavy (non-hydrogen) atoms. The number of aromatic nitrogens is 1. The second kappa shape index (κ2) is 6.13. The molecule has 3 heterocycles. The zero-order valence-electron chi connectivity index (χ0n) is 15.6. The molecule has 0 amide bonds. The Morgan fingerprint density at radius 1 is 0.926 bits per heavy atom. The number of fused-ring (bicyclic) bond motifs is 2. The van der Waals surface area contributed by atoms with Gasteiger partial charge >= 0.3 is 0 Å². The van der Waals surface area contributed by atoms with Crippen molar-refractivity contribution in [1.82, 2.24) is 9.47 Å². The molecular formula is C24H21N3. The average Bonchev–Trinajstić information content (AvgIpc) is 3.18. The molecule has 0 atom stereocenters. The fourth-order valence-corrected chi connectivity index (χ4v) is 4.06. The molecule has 3 nitrogen and oxygen atoms in total. The normalized spacial score (nSPS) is 17.4. The number of aliphatic imine (C=N–C) groups is 1. The van der Waals surface area contributed by atoms with Crippen molar-refractivity contribution in [2.75, 3.05) is 0 Å². The summed E-state index contributed by atoms with van der Waals surface area (Å²) in [7, 11) is 2.13. The van der Waals surface area contributed by atoms with Gasteiger partial charge in [-0.15, -0.1) is 0 Å². The second-order valence-corrected chi connectivity index (χ2v) is 7.08. The number of hydrogen-bond donors (Lipinski definition) is 0. The van der Waals surface area contributed by atoms with Gasteiger partial charge in [0.15, 0.2) is 0 Å². The number of benzene rings is 2. The van der Waals surface area contributed by atoms with Gasteiger partial charge in [-0.05, 0) is 30.7 Å². The summed E-state index contributed by atoms with van der Waals surface area (Å²) in [6, 6.07) is 19.1. The number of para-hydroxylation sites is 1. The maximum atomic E-state index is 5.21. The smallest absolute Gasteiger partial charge is 0.118 e. The third-order valence-electron chi connectivity index (χ3n) is 5.37. The fraction of sp³-hybridized carbons (Fsp3) is 0.125. The number of nitrogens with zero attached hydrogens (tertiary/aromatic N) is 3. The van der Waals surface area contributed by atoms with Crippen LogP contribution in [-0.2, 0) is 7.05 Å². The molecule has 0 saturated heterocycles. The van der Waals surface area contributed by atoms with Crippen LogP contribution in [0, 0.1) is 0 Å². The number of hydrogen-bond acceptors (Lipinski definition) is 1. The minimum atomic E-state index is 0.876. The Labute approximate surface area is 159 Å². The summed E-state index contributed by atoms with van der Waals surface area (Å²) in [6.45, 7) is 2.19. The van der Waals surface area contributed by atoms with E-state index in [0.717, 1.165) is 23.6 Å². The molecule has 0 N–H and O–H groups in total. The van der Waals surface area contributed by atoms with Crippen molar-refractivity contribution in [2.24, 2.45) is 12.0 Å².